The molecule has 3 aromatic heterocycles. The lowest BCUT2D eigenvalue weighted by Gasteiger charge is -2.25. The Morgan fingerprint density at radius 2 is 2.07 bits per heavy atom. The van der Waals surface area contributed by atoms with Gasteiger partial charge in [0, 0.05) is 59.5 Å². The Bertz CT molecular complexity index is 972. The van der Waals surface area contributed by atoms with Crippen molar-refractivity contribution >= 4 is 30.7 Å². The molecule has 160 valence electrons. The maximum atomic E-state index is 5.93. The van der Waals surface area contributed by atoms with Crippen molar-refractivity contribution in [1.29, 1.82) is 0 Å². The normalized spacial score (nSPS) is 17.1. The molecule has 0 aromatic carbocycles. The fraction of sp³-hybridized carbons (Fsp3) is 0.524. The molecule has 0 amide bonds. The number of ether oxygens (including phenoxy) is 1. The van der Waals surface area contributed by atoms with Crippen LogP contribution >= 0.6 is 0 Å². The lowest BCUT2D eigenvalue weighted by molar-refractivity contribution is 0.0899. The van der Waals surface area contributed by atoms with E-state index < -0.39 is 8.07 Å². The Labute approximate surface area is 178 Å². The minimum absolute atomic E-state index is 0.374. The molecule has 1 aliphatic rings. The third-order valence-electron chi connectivity index (χ3n) is 5.68. The molecule has 30 heavy (non-hydrogen) atoms. The van der Waals surface area contributed by atoms with Crippen LogP contribution < -0.4 is 9.80 Å². The highest BCUT2D eigenvalue weighted by Crippen LogP contribution is 2.29. The van der Waals surface area contributed by atoms with Crippen LogP contribution in [0.4, 0.5) is 11.6 Å². The molecule has 4 rings (SSSR count). The van der Waals surface area contributed by atoms with Crippen molar-refractivity contribution in [3.63, 3.8) is 0 Å². The average Bonchev–Trinajstić information content (AvgIpc) is 3.38. The van der Waals surface area contributed by atoms with Crippen LogP contribution in [0.1, 0.15) is 6.42 Å². The van der Waals surface area contributed by atoms with Crippen LogP contribution in [0.5, 0.6) is 0 Å². The monoisotopic (exact) mass is 425 g/mol. The summed E-state index contributed by atoms with van der Waals surface area (Å²) in [4.78, 5) is 22.3. The third kappa shape index (κ3) is 4.62. The van der Waals surface area contributed by atoms with Gasteiger partial charge in [0.1, 0.15) is 30.3 Å². The molecule has 1 unspecified atom stereocenters. The third-order valence-corrected chi connectivity index (χ3v) is 7.39. The van der Waals surface area contributed by atoms with Crippen LogP contribution in [0.2, 0.25) is 25.7 Å². The van der Waals surface area contributed by atoms with Crippen molar-refractivity contribution in [3.05, 3.63) is 37.2 Å². The number of hydrogen-bond donors (Lipinski definition) is 0. The van der Waals surface area contributed by atoms with E-state index in [-0.39, 0.29) is 0 Å². The van der Waals surface area contributed by atoms with E-state index >= 15 is 0 Å². The molecule has 1 saturated heterocycles. The Balaban J connectivity index is 1.44. The number of aromatic nitrogens is 5. The van der Waals surface area contributed by atoms with Gasteiger partial charge in [-0.1, -0.05) is 19.6 Å². The quantitative estimate of drug-likeness (QED) is 0.405. The fourth-order valence-electron chi connectivity index (χ4n) is 3.80. The molecule has 1 aliphatic heterocycles. The van der Waals surface area contributed by atoms with Gasteiger partial charge in [-0.25, -0.2) is 15.0 Å². The molecular formula is C21H31N7OSi. The van der Waals surface area contributed by atoms with E-state index in [0.717, 1.165) is 48.8 Å². The summed E-state index contributed by atoms with van der Waals surface area (Å²) in [6.07, 6.45) is 10.0. The minimum Gasteiger partial charge on any atom is -0.361 e. The van der Waals surface area contributed by atoms with E-state index in [2.05, 4.69) is 73.3 Å². The molecule has 0 aliphatic carbocycles. The number of fused-ring (bicyclic) bond motifs is 1. The maximum Gasteiger partial charge on any atom is 0.147 e. The van der Waals surface area contributed by atoms with Crippen molar-refractivity contribution in [1.82, 2.24) is 24.5 Å². The minimum atomic E-state index is -1.08. The molecular weight excluding hydrogens is 394 g/mol. The summed E-state index contributed by atoms with van der Waals surface area (Å²) in [5.41, 5.74) is 0.929. The van der Waals surface area contributed by atoms with Crippen molar-refractivity contribution < 1.29 is 4.74 Å². The van der Waals surface area contributed by atoms with Gasteiger partial charge >= 0.3 is 0 Å². The Morgan fingerprint density at radius 3 is 2.83 bits per heavy atom. The lowest BCUT2D eigenvalue weighted by atomic mass is 10.2. The average molecular weight is 426 g/mol. The van der Waals surface area contributed by atoms with Crippen LogP contribution in [-0.4, -0.2) is 65.4 Å². The second-order valence-electron chi connectivity index (χ2n) is 9.13. The molecule has 0 bridgehead atoms. The first-order chi connectivity index (χ1) is 14.4. The highest BCUT2D eigenvalue weighted by Gasteiger charge is 2.28. The molecule has 1 fully saturated rings. The van der Waals surface area contributed by atoms with E-state index in [9.17, 15) is 0 Å². The number of likely N-dealkylation sites (N-methyl/N-ethyl adjacent to an activating group) is 1. The van der Waals surface area contributed by atoms with E-state index in [1.807, 2.05) is 6.20 Å². The number of nitrogens with zero attached hydrogens (tertiary/aromatic N) is 7. The molecule has 0 radical (unpaired) electrons. The summed E-state index contributed by atoms with van der Waals surface area (Å²) in [6, 6.07) is 3.64. The van der Waals surface area contributed by atoms with Crippen LogP contribution in [0.15, 0.2) is 37.2 Å². The van der Waals surface area contributed by atoms with Gasteiger partial charge in [0.2, 0.25) is 0 Å². The Kier molecular flexibility index (Phi) is 6.01. The predicted octanol–water partition coefficient (Wildman–Crippen LogP) is 3.25. The first-order valence-electron chi connectivity index (χ1n) is 10.5. The molecule has 8 nitrogen and oxygen atoms in total. The summed E-state index contributed by atoms with van der Waals surface area (Å²) < 4.78 is 8.00. The maximum absolute atomic E-state index is 5.93. The molecule has 3 aromatic rings. The van der Waals surface area contributed by atoms with Gasteiger partial charge in [-0.2, -0.15) is 0 Å². The second kappa shape index (κ2) is 8.69. The summed E-state index contributed by atoms with van der Waals surface area (Å²) >= 11 is 0. The van der Waals surface area contributed by atoms with Gasteiger partial charge < -0.3 is 19.1 Å². The van der Waals surface area contributed by atoms with Gasteiger partial charge in [0.05, 0.1) is 11.6 Å². The highest BCUT2D eigenvalue weighted by atomic mass is 28.3. The standard InChI is InChI=1S/C21H31N7OSi/c1-26(19-13-22-7-8-23-19)17-5-9-27(14-17)20-18-6-10-28(21(18)25-15-24-20)16-29-11-12-30(2,3)4/h6-8,10,13,15,17H,5,9,11-12,14,16H2,1-4H3. The van der Waals surface area contributed by atoms with Gasteiger partial charge in [0.15, 0.2) is 0 Å². The zero-order chi connectivity index (χ0) is 21.1. The summed E-state index contributed by atoms with van der Waals surface area (Å²) in [6.45, 7) is 10.3. The molecule has 1 atom stereocenters. The Hall–Kier alpha value is -2.52. The van der Waals surface area contributed by atoms with Crippen molar-refractivity contribution in [3.8, 4) is 0 Å². The van der Waals surface area contributed by atoms with Crippen LogP contribution in [0, 0.1) is 0 Å². The second-order valence-corrected chi connectivity index (χ2v) is 14.8. The van der Waals surface area contributed by atoms with Crippen LogP contribution in [0.3, 0.4) is 0 Å². The van der Waals surface area contributed by atoms with Crippen molar-refractivity contribution in [2.75, 3.05) is 36.5 Å². The van der Waals surface area contributed by atoms with E-state index in [4.69, 9.17) is 4.74 Å². The predicted molar refractivity (Wildman–Crippen MR) is 123 cm³/mol. The number of hydrogen-bond acceptors (Lipinski definition) is 7. The SMILES string of the molecule is CN(c1cnccn1)C1CCN(c2ncnc3c2ccn3COCC[Si](C)(C)C)C1. The summed E-state index contributed by atoms with van der Waals surface area (Å²) in [5.74, 6) is 1.90. The Morgan fingerprint density at radius 1 is 1.20 bits per heavy atom. The molecule has 0 spiro atoms. The highest BCUT2D eigenvalue weighted by molar-refractivity contribution is 6.76. The first kappa shape index (κ1) is 20.7. The molecule has 4 heterocycles. The topological polar surface area (TPSA) is 72.2 Å². The zero-order valence-electron chi connectivity index (χ0n) is 18.3. The van der Waals surface area contributed by atoms with Gasteiger partial charge in [-0.15, -0.1) is 0 Å². The zero-order valence-corrected chi connectivity index (χ0v) is 19.3. The van der Waals surface area contributed by atoms with E-state index in [0.29, 0.717) is 12.8 Å². The van der Waals surface area contributed by atoms with E-state index in [1.165, 1.54) is 6.04 Å². The van der Waals surface area contributed by atoms with Gasteiger partial charge in [0.25, 0.3) is 0 Å². The van der Waals surface area contributed by atoms with Gasteiger partial charge in [-0.3, -0.25) is 4.98 Å². The smallest absolute Gasteiger partial charge is 0.147 e. The van der Waals surface area contributed by atoms with Crippen LogP contribution in [-0.2, 0) is 11.5 Å². The van der Waals surface area contributed by atoms with Crippen molar-refractivity contribution in [2.45, 2.75) is 44.9 Å². The fourth-order valence-corrected chi connectivity index (χ4v) is 4.56. The summed E-state index contributed by atoms with van der Waals surface area (Å²) in [7, 11) is 1.01. The molecule has 9 heteroatoms. The van der Waals surface area contributed by atoms with Gasteiger partial charge in [-0.05, 0) is 18.5 Å². The molecule has 0 saturated carbocycles. The largest absolute Gasteiger partial charge is 0.361 e. The van der Waals surface area contributed by atoms with Crippen molar-refractivity contribution in [2.24, 2.45) is 0 Å². The van der Waals surface area contributed by atoms with Crippen LogP contribution in [0.25, 0.3) is 11.0 Å². The van der Waals surface area contributed by atoms with E-state index in [1.54, 1.807) is 18.7 Å². The number of anilines is 2. The summed E-state index contributed by atoms with van der Waals surface area (Å²) in [5, 5.41) is 1.08. The number of rotatable bonds is 8. The first-order valence-corrected chi connectivity index (χ1v) is 14.2. The molecule has 0 N–H and O–H groups in total. The lowest BCUT2D eigenvalue weighted by Crippen LogP contribution is -2.35.